The van der Waals surface area contributed by atoms with Gasteiger partial charge in [-0.05, 0) is 12.1 Å². The molecule has 8 heteroatoms. The van der Waals surface area contributed by atoms with E-state index in [9.17, 15) is 9.59 Å². The number of ether oxygens (including phenoxy) is 1. The molecule has 0 aliphatic rings. The Labute approximate surface area is 111 Å². The molecule has 2 aromatic rings. The van der Waals surface area contributed by atoms with Crippen LogP contribution < -0.4 is 10.6 Å². The minimum absolute atomic E-state index is 0.347. The Bertz CT molecular complexity index is 613. The van der Waals surface area contributed by atoms with E-state index in [4.69, 9.17) is 11.6 Å². The van der Waals surface area contributed by atoms with Gasteiger partial charge in [0, 0.05) is 0 Å². The lowest BCUT2D eigenvalue weighted by Gasteiger charge is -2.01. The molecule has 0 spiro atoms. The molecule has 0 saturated heterocycles. The molecule has 0 atom stereocenters. The van der Waals surface area contributed by atoms with Crippen LogP contribution in [-0.2, 0) is 4.74 Å². The highest BCUT2D eigenvalue weighted by molar-refractivity contribution is 7.22. The number of hydrogen-bond donors (Lipinski definition) is 2. The lowest BCUT2D eigenvalue weighted by molar-refractivity contribution is 0.172. The number of halogens is 1. The van der Waals surface area contributed by atoms with Crippen LogP contribution in [0.4, 0.5) is 14.7 Å². The summed E-state index contributed by atoms with van der Waals surface area (Å²) in [6.07, 6.45) is -0.841. The number of amides is 3. The minimum atomic E-state index is -0.841. The minimum Gasteiger partial charge on any atom is -0.453 e. The van der Waals surface area contributed by atoms with Crippen LogP contribution in [0.15, 0.2) is 18.2 Å². The first kappa shape index (κ1) is 12.6. The fraction of sp³-hybridized carbons (Fsp3) is 0.100. The van der Waals surface area contributed by atoms with Gasteiger partial charge in [0.15, 0.2) is 5.13 Å². The third-order valence-electron chi connectivity index (χ3n) is 1.99. The highest BCUT2D eigenvalue weighted by Gasteiger charge is 2.11. The number of carbonyl (C=O) groups is 2. The van der Waals surface area contributed by atoms with Gasteiger partial charge in [0.1, 0.15) is 5.52 Å². The van der Waals surface area contributed by atoms with Gasteiger partial charge in [-0.3, -0.25) is 5.32 Å². The Kier molecular flexibility index (Phi) is 3.63. The second-order valence-corrected chi connectivity index (χ2v) is 4.61. The monoisotopic (exact) mass is 285 g/mol. The largest absolute Gasteiger partial charge is 0.453 e. The maximum absolute atomic E-state index is 11.4. The average Bonchev–Trinajstić information content (AvgIpc) is 2.72. The highest BCUT2D eigenvalue weighted by Crippen LogP contribution is 2.30. The molecule has 0 fully saturated rings. The fourth-order valence-corrected chi connectivity index (χ4v) is 2.40. The molecule has 0 radical (unpaired) electrons. The zero-order chi connectivity index (χ0) is 13.1. The molecule has 1 heterocycles. The molecule has 0 bridgehead atoms. The molecule has 0 aliphatic carbocycles. The Morgan fingerprint density at radius 2 is 2.22 bits per heavy atom. The zero-order valence-electron chi connectivity index (χ0n) is 9.19. The van der Waals surface area contributed by atoms with E-state index in [-0.39, 0.29) is 0 Å². The van der Waals surface area contributed by atoms with Crippen molar-refractivity contribution >= 4 is 50.4 Å². The Hall–Kier alpha value is -1.86. The van der Waals surface area contributed by atoms with Gasteiger partial charge in [-0.25, -0.2) is 19.9 Å². The number of thiazole rings is 1. The highest BCUT2D eigenvalue weighted by atomic mass is 35.5. The summed E-state index contributed by atoms with van der Waals surface area (Å²) in [6, 6.07) is 4.63. The van der Waals surface area contributed by atoms with E-state index in [1.807, 2.05) is 11.4 Å². The van der Waals surface area contributed by atoms with Crippen LogP contribution in [-0.4, -0.2) is 24.2 Å². The normalized spacial score (nSPS) is 10.1. The van der Waals surface area contributed by atoms with Crippen molar-refractivity contribution in [3.63, 3.8) is 0 Å². The Morgan fingerprint density at radius 3 is 2.89 bits per heavy atom. The molecule has 1 aromatic heterocycles. The number of benzene rings is 1. The number of alkyl carbamates (subject to hydrolysis) is 1. The van der Waals surface area contributed by atoms with Gasteiger partial charge in [0.2, 0.25) is 0 Å². The quantitative estimate of drug-likeness (QED) is 0.844. The molecular formula is C10H8ClN3O3S. The smallest absolute Gasteiger partial charge is 0.415 e. The van der Waals surface area contributed by atoms with Crippen LogP contribution in [0.1, 0.15) is 0 Å². The maximum atomic E-state index is 11.4. The first-order valence-electron chi connectivity index (χ1n) is 4.81. The van der Waals surface area contributed by atoms with Crippen molar-refractivity contribution in [2.45, 2.75) is 0 Å². The summed E-state index contributed by atoms with van der Waals surface area (Å²) in [4.78, 5) is 26.3. The number of para-hydroxylation sites is 1. The van der Waals surface area contributed by atoms with Crippen molar-refractivity contribution in [2.75, 3.05) is 12.4 Å². The second-order valence-electron chi connectivity index (χ2n) is 3.18. The predicted octanol–water partition coefficient (Wildman–Crippen LogP) is 2.84. The fourth-order valence-electron chi connectivity index (χ4n) is 1.24. The number of aromatic nitrogens is 1. The number of anilines is 1. The number of rotatable bonds is 1. The second kappa shape index (κ2) is 5.19. The summed E-state index contributed by atoms with van der Waals surface area (Å²) in [5.74, 6) is 0. The Balaban J connectivity index is 2.15. The number of fused-ring (bicyclic) bond motifs is 1. The number of hydrogen-bond acceptors (Lipinski definition) is 5. The third kappa shape index (κ3) is 2.69. The predicted molar refractivity (Wildman–Crippen MR) is 69.2 cm³/mol. The lowest BCUT2D eigenvalue weighted by atomic mass is 10.3. The van der Waals surface area contributed by atoms with Crippen molar-refractivity contribution in [3.8, 4) is 0 Å². The van der Waals surface area contributed by atoms with Crippen LogP contribution in [0.5, 0.6) is 0 Å². The van der Waals surface area contributed by atoms with Gasteiger partial charge in [-0.15, -0.1) is 0 Å². The van der Waals surface area contributed by atoms with Gasteiger partial charge in [-0.2, -0.15) is 0 Å². The molecule has 0 saturated carbocycles. The van der Waals surface area contributed by atoms with Crippen molar-refractivity contribution < 1.29 is 14.3 Å². The molecule has 18 heavy (non-hydrogen) atoms. The van der Waals surface area contributed by atoms with Gasteiger partial charge in [-0.1, -0.05) is 29.0 Å². The topological polar surface area (TPSA) is 80.3 Å². The van der Waals surface area contributed by atoms with Crippen LogP contribution in [0.2, 0.25) is 5.02 Å². The SMILES string of the molecule is COC(=O)NC(=O)Nc1nc2c(Cl)cccc2s1. The van der Waals surface area contributed by atoms with Crippen molar-refractivity contribution in [1.82, 2.24) is 10.3 Å². The summed E-state index contributed by atoms with van der Waals surface area (Å²) < 4.78 is 5.13. The van der Waals surface area contributed by atoms with E-state index in [1.54, 1.807) is 12.1 Å². The van der Waals surface area contributed by atoms with Crippen molar-refractivity contribution in [3.05, 3.63) is 23.2 Å². The number of carbonyl (C=O) groups excluding carboxylic acids is 2. The molecular weight excluding hydrogens is 278 g/mol. The van der Waals surface area contributed by atoms with E-state index in [1.165, 1.54) is 18.4 Å². The number of methoxy groups -OCH3 is 1. The van der Waals surface area contributed by atoms with Crippen LogP contribution in [0.25, 0.3) is 10.2 Å². The third-order valence-corrected chi connectivity index (χ3v) is 3.23. The van der Waals surface area contributed by atoms with Gasteiger partial charge < -0.3 is 4.74 Å². The summed E-state index contributed by atoms with van der Waals surface area (Å²) in [5, 5.41) is 5.23. The summed E-state index contributed by atoms with van der Waals surface area (Å²) in [6.45, 7) is 0. The summed E-state index contributed by atoms with van der Waals surface area (Å²) in [7, 11) is 1.17. The average molecular weight is 286 g/mol. The number of imide groups is 1. The first-order chi connectivity index (χ1) is 8.60. The molecule has 2 rings (SSSR count). The Morgan fingerprint density at radius 1 is 1.44 bits per heavy atom. The van der Waals surface area contributed by atoms with Crippen molar-refractivity contribution in [2.24, 2.45) is 0 Å². The number of nitrogens with one attached hydrogen (secondary N) is 2. The van der Waals surface area contributed by atoms with Gasteiger partial charge in [0.05, 0.1) is 16.8 Å². The number of nitrogens with zero attached hydrogens (tertiary/aromatic N) is 1. The van der Waals surface area contributed by atoms with E-state index in [0.717, 1.165) is 4.70 Å². The van der Waals surface area contributed by atoms with E-state index in [2.05, 4.69) is 15.0 Å². The van der Waals surface area contributed by atoms with E-state index >= 15 is 0 Å². The van der Waals surface area contributed by atoms with Crippen LogP contribution in [0, 0.1) is 0 Å². The van der Waals surface area contributed by atoms with Gasteiger partial charge in [0.25, 0.3) is 0 Å². The molecule has 3 amide bonds. The van der Waals surface area contributed by atoms with Crippen LogP contribution in [0.3, 0.4) is 0 Å². The molecule has 0 unspecified atom stereocenters. The molecule has 0 aliphatic heterocycles. The summed E-state index contributed by atoms with van der Waals surface area (Å²) >= 11 is 7.21. The molecule has 2 N–H and O–H groups in total. The summed E-state index contributed by atoms with van der Waals surface area (Å²) in [5.41, 5.74) is 0.609. The maximum Gasteiger partial charge on any atom is 0.415 e. The molecule has 94 valence electrons. The standard InChI is InChI=1S/C10H8ClN3O3S/c1-17-10(16)14-8(15)13-9-12-7-5(11)3-2-4-6(7)18-9/h2-4H,1H3,(H2,12,13,14,15,16). The van der Waals surface area contributed by atoms with Crippen LogP contribution >= 0.6 is 22.9 Å². The number of urea groups is 1. The van der Waals surface area contributed by atoms with E-state index < -0.39 is 12.1 Å². The molecule has 6 nitrogen and oxygen atoms in total. The zero-order valence-corrected chi connectivity index (χ0v) is 10.8. The molecule has 1 aromatic carbocycles. The van der Waals surface area contributed by atoms with Gasteiger partial charge >= 0.3 is 12.1 Å². The van der Waals surface area contributed by atoms with Crippen molar-refractivity contribution in [1.29, 1.82) is 0 Å². The van der Waals surface area contributed by atoms with E-state index in [0.29, 0.717) is 15.7 Å². The lowest BCUT2D eigenvalue weighted by Crippen LogP contribution is -2.34. The first-order valence-corrected chi connectivity index (χ1v) is 6.00.